The van der Waals surface area contributed by atoms with E-state index in [9.17, 15) is 0 Å². The lowest BCUT2D eigenvalue weighted by Crippen LogP contribution is -2.34. The van der Waals surface area contributed by atoms with Gasteiger partial charge in [0.1, 0.15) is 0 Å². The molecule has 0 unspecified atom stereocenters. The summed E-state index contributed by atoms with van der Waals surface area (Å²) in [5.41, 5.74) is 0. The maximum absolute atomic E-state index is 5.85. The third-order valence-corrected chi connectivity index (χ3v) is 6.30. The highest BCUT2D eigenvalue weighted by Crippen LogP contribution is 2.11. The lowest BCUT2D eigenvalue weighted by molar-refractivity contribution is -0.731. The van der Waals surface area contributed by atoms with Crippen molar-refractivity contribution in [2.75, 3.05) is 13.2 Å². The van der Waals surface area contributed by atoms with Gasteiger partial charge in [-0.25, -0.2) is 0 Å². The van der Waals surface area contributed by atoms with Gasteiger partial charge in [-0.05, 0) is 35.7 Å². The minimum Gasteiger partial charge on any atom is -0.323 e. The molecule has 2 heterocycles. The monoisotopic (exact) mass is 458 g/mol. The Balaban J connectivity index is 0.946. The number of nitrogens with zero attached hydrogens (tertiary/aromatic N) is 2. The van der Waals surface area contributed by atoms with Crippen LogP contribution < -0.4 is 9.13 Å². The zero-order chi connectivity index (χ0) is 23.3. The van der Waals surface area contributed by atoms with E-state index in [0.29, 0.717) is 13.5 Å². The van der Waals surface area contributed by atoms with Crippen molar-refractivity contribution in [2.45, 2.75) is 64.8 Å². The summed E-state index contributed by atoms with van der Waals surface area (Å²) in [5.74, 6) is 0. The quantitative estimate of drug-likeness (QED) is 0.154. The molecule has 4 heteroatoms. The van der Waals surface area contributed by atoms with E-state index in [2.05, 4.69) is 94.6 Å². The van der Waals surface area contributed by atoms with Gasteiger partial charge in [0, 0.05) is 22.9 Å². The molecule has 4 aromatic rings. The van der Waals surface area contributed by atoms with Crippen molar-refractivity contribution >= 4 is 21.5 Å². The first-order chi connectivity index (χ1) is 16.9. The first kappa shape index (κ1) is 24.3. The fourth-order valence-electron chi connectivity index (χ4n) is 4.33. The summed E-state index contributed by atoms with van der Waals surface area (Å²) in [4.78, 5) is 0. The van der Waals surface area contributed by atoms with Gasteiger partial charge in [-0.15, -0.1) is 0 Å². The summed E-state index contributed by atoms with van der Waals surface area (Å²) >= 11 is 0. The zero-order valence-electron chi connectivity index (χ0n) is 20.3. The Morgan fingerprint density at radius 2 is 0.824 bits per heavy atom. The second-order valence-electron chi connectivity index (χ2n) is 9.08. The topological polar surface area (TPSA) is 26.2 Å². The molecule has 2 aromatic heterocycles. The van der Waals surface area contributed by atoms with E-state index < -0.39 is 0 Å². The number of unbranched alkanes of at least 4 members (excludes halogenated alkanes) is 7. The van der Waals surface area contributed by atoms with Crippen LogP contribution in [-0.2, 0) is 22.9 Å². The third kappa shape index (κ3) is 7.89. The van der Waals surface area contributed by atoms with Crippen LogP contribution in [0.1, 0.15) is 51.4 Å². The Morgan fingerprint density at radius 3 is 1.26 bits per heavy atom. The van der Waals surface area contributed by atoms with Gasteiger partial charge in [0.15, 0.2) is 24.8 Å². The van der Waals surface area contributed by atoms with Crippen LogP contribution in [0.15, 0.2) is 85.5 Å². The lowest BCUT2D eigenvalue weighted by atomic mass is 10.1. The van der Waals surface area contributed by atoms with Gasteiger partial charge >= 0.3 is 0 Å². The van der Waals surface area contributed by atoms with Crippen molar-refractivity contribution < 1.29 is 18.6 Å². The van der Waals surface area contributed by atoms with Gasteiger partial charge in [0.2, 0.25) is 0 Å². The molecule has 4 nitrogen and oxygen atoms in total. The van der Waals surface area contributed by atoms with Crippen LogP contribution in [0.2, 0.25) is 0 Å². The molecule has 0 saturated heterocycles. The highest BCUT2D eigenvalue weighted by Gasteiger charge is 2.04. The van der Waals surface area contributed by atoms with Crippen molar-refractivity contribution in [3.8, 4) is 0 Å². The molecule has 0 aliphatic heterocycles. The zero-order valence-corrected chi connectivity index (χ0v) is 20.3. The largest absolute Gasteiger partial charge is 0.323 e. The van der Waals surface area contributed by atoms with Crippen molar-refractivity contribution in [3.05, 3.63) is 85.5 Å². The molecule has 34 heavy (non-hydrogen) atoms. The minimum atomic E-state index is 0.631. The molecule has 0 radical (unpaired) electrons. The van der Waals surface area contributed by atoms with Gasteiger partial charge in [-0.1, -0.05) is 74.9 Å². The molecule has 0 aliphatic carbocycles. The average Bonchev–Trinajstić information content (AvgIpc) is 2.88. The van der Waals surface area contributed by atoms with Crippen LogP contribution in [0.4, 0.5) is 0 Å². The smallest absolute Gasteiger partial charge is 0.252 e. The van der Waals surface area contributed by atoms with E-state index in [1.54, 1.807) is 0 Å². The standard InChI is InChI=1S/C30H38N2O2/c1(3-5-11-21-33-25-31-19-17-27-13-7-9-15-29(27)23-31)2-4-6-12-22-34-26-32-20-18-28-14-8-10-16-30(28)24-32/h7-10,13-20,23-24H,1-6,11-12,21-22,25-26H2/q+2. The van der Waals surface area contributed by atoms with E-state index in [0.717, 1.165) is 26.1 Å². The third-order valence-electron chi connectivity index (χ3n) is 6.30. The summed E-state index contributed by atoms with van der Waals surface area (Å²) in [6, 6.07) is 21.2. The Morgan fingerprint density at radius 1 is 0.441 bits per heavy atom. The molecule has 0 spiro atoms. The summed E-state index contributed by atoms with van der Waals surface area (Å²) in [6.45, 7) is 2.94. The summed E-state index contributed by atoms with van der Waals surface area (Å²) < 4.78 is 15.9. The number of ether oxygens (including phenoxy) is 2. The molecule has 4 rings (SSSR count). The van der Waals surface area contributed by atoms with Gasteiger partial charge in [-0.3, -0.25) is 0 Å². The molecule has 178 valence electrons. The number of pyridine rings is 2. The van der Waals surface area contributed by atoms with Crippen LogP contribution in [0.5, 0.6) is 0 Å². The van der Waals surface area contributed by atoms with Crippen molar-refractivity contribution in [1.82, 2.24) is 0 Å². The van der Waals surface area contributed by atoms with E-state index in [-0.39, 0.29) is 0 Å². The Hall–Kier alpha value is -2.82. The molecule has 0 bridgehead atoms. The summed E-state index contributed by atoms with van der Waals surface area (Å²) in [7, 11) is 0. The van der Waals surface area contributed by atoms with Gasteiger partial charge in [0.25, 0.3) is 13.5 Å². The second kappa shape index (κ2) is 13.8. The molecule has 2 aromatic carbocycles. The van der Waals surface area contributed by atoms with Gasteiger partial charge in [-0.2, -0.15) is 9.13 Å². The minimum absolute atomic E-state index is 0.631. The first-order valence-corrected chi connectivity index (χ1v) is 12.8. The van der Waals surface area contributed by atoms with Crippen LogP contribution in [0, 0.1) is 0 Å². The Kier molecular flexibility index (Phi) is 9.85. The summed E-state index contributed by atoms with van der Waals surface area (Å²) in [6.07, 6.45) is 18.6. The molecule has 0 amide bonds. The highest BCUT2D eigenvalue weighted by atomic mass is 16.5. The van der Waals surface area contributed by atoms with Crippen molar-refractivity contribution in [1.29, 1.82) is 0 Å². The Bertz CT molecular complexity index is 1050. The molecule has 0 fully saturated rings. The predicted molar refractivity (Wildman–Crippen MR) is 137 cm³/mol. The number of hydrogen-bond acceptors (Lipinski definition) is 2. The van der Waals surface area contributed by atoms with Crippen LogP contribution in [-0.4, -0.2) is 13.2 Å². The lowest BCUT2D eigenvalue weighted by Gasteiger charge is -2.04. The molecular formula is C30H38N2O2+2. The fraction of sp³-hybridized carbons (Fsp3) is 0.400. The van der Waals surface area contributed by atoms with Crippen LogP contribution >= 0.6 is 0 Å². The molecule has 0 saturated carbocycles. The average molecular weight is 459 g/mol. The number of fused-ring (bicyclic) bond motifs is 2. The van der Waals surface area contributed by atoms with Crippen LogP contribution in [0.25, 0.3) is 21.5 Å². The van der Waals surface area contributed by atoms with Crippen molar-refractivity contribution in [3.63, 3.8) is 0 Å². The Labute approximate surface area is 203 Å². The van der Waals surface area contributed by atoms with Gasteiger partial charge in [0.05, 0.1) is 13.2 Å². The molecule has 0 aliphatic rings. The molecule has 0 atom stereocenters. The fourth-order valence-corrected chi connectivity index (χ4v) is 4.33. The SMILES string of the molecule is c1ccc2c[n+](COCCCCCCCCCCOC[n+]3ccc4ccccc4c3)ccc2c1. The van der Waals surface area contributed by atoms with Crippen molar-refractivity contribution in [2.24, 2.45) is 0 Å². The van der Waals surface area contributed by atoms with E-state index in [4.69, 9.17) is 9.47 Å². The number of rotatable bonds is 15. The molecule has 0 N–H and O–H groups in total. The maximum Gasteiger partial charge on any atom is 0.252 e. The number of aromatic nitrogens is 2. The molecular weight excluding hydrogens is 420 g/mol. The van der Waals surface area contributed by atoms with E-state index >= 15 is 0 Å². The van der Waals surface area contributed by atoms with E-state index in [1.165, 1.54) is 60.1 Å². The summed E-state index contributed by atoms with van der Waals surface area (Å²) in [5, 5.41) is 5.05. The van der Waals surface area contributed by atoms with Gasteiger partial charge < -0.3 is 9.47 Å². The first-order valence-electron chi connectivity index (χ1n) is 12.8. The second-order valence-corrected chi connectivity index (χ2v) is 9.08. The van der Waals surface area contributed by atoms with E-state index in [1.807, 2.05) is 0 Å². The number of hydrogen-bond donors (Lipinski definition) is 0. The predicted octanol–water partition coefficient (Wildman–Crippen LogP) is 6.34. The van der Waals surface area contributed by atoms with Crippen LogP contribution in [0.3, 0.4) is 0 Å². The normalized spacial score (nSPS) is 11.4. The highest BCUT2D eigenvalue weighted by molar-refractivity contribution is 5.80. The maximum atomic E-state index is 5.85. The number of benzene rings is 2.